The zero-order chi connectivity index (χ0) is 47.6. The van der Waals surface area contributed by atoms with Crippen molar-refractivity contribution in [2.75, 3.05) is 0 Å². The second kappa shape index (κ2) is 27.3. The summed E-state index contributed by atoms with van der Waals surface area (Å²) in [7, 11) is 0. The van der Waals surface area contributed by atoms with Gasteiger partial charge in [0, 0.05) is 43.6 Å². The minimum absolute atomic E-state index is 0.0183. The average molecular weight is 906 g/mol. The molecule has 2 bridgehead atoms. The van der Waals surface area contributed by atoms with Crippen LogP contribution in [0.4, 0.5) is 0 Å². The standard InChI is InChI=1S/C48H75NO15/c1-29-18-16-14-12-10-8-6-7-9-11-13-15-17-19-37(63-47-45(57)43(49)30(2)32(4)62-47)27-41-38(46(58)59)22-23-48(60,64-41)28-36(52)25-40(54)39(53)21-20-34(50)24-35(51)26-42(55)61-33(5)31(3)44(29)56/h6-19,29-41,43-45,47,50-54,56-57,60H,20-28,49H2,1-5H3,(H,58,59)/b7-6+,10-8+,11-9+,14-12+,15-13+,18-16+,19-17+/t29-,30?,31-,32?,33-,34+,35+,36-,37-,38+,39+,40+,41?,43?,44+,45?,47?,48-/m0/s1. The quantitative estimate of drug-likeness (QED) is 0.182. The third-order valence-corrected chi connectivity index (χ3v) is 12.5. The first-order valence-electron chi connectivity index (χ1n) is 22.5. The van der Waals surface area contributed by atoms with Gasteiger partial charge in [-0.1, -0.05) is 106 Å². The van der Waals surface area contributed by atoms with E-state index >= 15 is 0 Å². The van der Waals surface area contributed by atoms with Crippen LogP contribution >= 0.6 is 0 Å². The van der Waals surface area contributed by atoms with Crippen molar-refractivity contribution < 1.29 is 74.5 Å². The van der Waals surface area contributed by atoms with Crippen LogP contribution in [-0.4, -0.2) is 143 Å². The summed E-state index contributed by atoms with van der Waals surface area (Å²) in [6.07, 6.45) is 10.2. The lowest BCUT2D eigenvalue weighted by Crippen LogP contribution is -2.58. The first kappa shape index (κ1) is 55.0. The third-order valence-electron chi connectivity index (χ3n) is 12.5. The summed E-state index contributed by atoms with van der Waals surface area (Å²) in [5.41, 5.74) is 6.28. The normalized spacial score (nSPS) is 44.8. The van der Waals surface area contributed by atoms with Crippen LogP contribution in [0.1, 0.15) is 92.4 Å². The van der Waals surface area contributed by atoms with Crippen LogP contribution in [0.3, 0.4) is 0 Å². The van der Waals surface area contributed by atoms with Gasteiger partial charge in [0.05, 0.1) is 67.3 Å². The highest BCUT2D eigenvalue weighted by atomic mass is 16.7. The second-order valence-corrected chi connectivity index (χ2v) is 17.8. The SMILES string of the molecule is CC1OC(O[C@H]2/C=C/C=C/C=C/C=C/C=C/C=C/C=C/[C@H](C)[C@@H](O)[C@@H](C)[C@H](C)OC(=O)C[C@H](O)C[C@H](O)CC[C@@H](O)[C@H](O)C[C@H](O)C[C@]3(O)CC[C@@H](C(=O)O)C(C2)O3)C(O)C(N)C1C. The number of hydrogen-bond acceptors (Lipinski definition) is 15. The predicted octanol–water partition coefficient (Wildman–Crippen LogP) is 3.02. The number of rotatable bonds is 3. The van der Waals surface area contributed by atoms with Crippen molar-refractivity contribution in [1.82, 2.24) is 0 Å². The van der Waals surface area contributed by atoms with Gasteiger partial charge in [-0.25, -0.2) is 0 Å². The Labute approximate surface area is 377 Å². The molecule has 0 aliphatic carbocycles. The van der Waals surface area contributed by atoms with E-state index < -0.39 is 122 Å². The zero-order valence-corrected chi connectivity index (χ0v) is 37.8. The molecule has 2 fully saturated rings. The first-order chi connectivity index (χ1) is 30.2. The topological polar surface area (TPSA) is 279 Å². The number of nitrogens with two attached hydrogens (primary N) is 1. The summed E-state index contributed by atoms with van der Waals surface area (Å²) in [6.45, 7) is 8.93. The molecule has 3 aliphatic rings. The molecule has 362 valence electrons. The molecule has 16 nitrogen and oxygen atoms in total. The van der Waals surface area contributed by atoms with Crippen molar-refractivity contribution in [1.29, 1.82) is 0 Å². The number of carboxylic acid groups (broad SMARTS) is 1. The van der Waals surface area contributed by atoms with E-state index in [2.05, 4.69) is 0 Å². The van der Waals surface area contributed by atoms with E-state index in [0.29, 0.717) is 0 Å². The van der Waals surface area contributed by atoms with Crippen LogP contribution in [0.5, 0.6) is 0 Å². The molecule has 2 saturated heterocycles. The van der Waals surface area contributed by atoms with Gasteiger partial charge in [0.15, 0.2) is 12.1 Å². The number of hydrogen-bond donors (Lipinski definition) is 10. The highest BCUT2D eigenvalue weighted by Crippen LogP contribution is 2.38. The highest BCUT2D eigenvalue weighted by Gasteiger charge is 2.46. The molecule has 3 rings (SSSR count). The van der Waals surface area contributed by atoms with Gasteiger partial charge in [0.25, 0.3) is 0 Å². The Kier molecular flexibility index (Phi) is 23.5. The Morgan fingerprint density at radius 3 is 1.86 bits per heavy atom. The number of aliphatic carboxylic acids is 1. The van der Waals surface area contributed by atoms with Crippen molar-refractivity contribution in [3.63, 3.8) is 0 Å². The fourth-order valence-corrected chi connectivity index (χ4v) is 8.00. The number of cyclic esters (lactones) is 1. The predicted molar refractivity (Wildman–Crippen MR) is 239 cm³/mol. The summed E-state index contributed by atoms with van der Waals surface area (Å²) >= 11 is 0. The van der Waals surface area contributed by atoms with E-state index in [1.54, 1.807) is 44.2 Å². The van der Waals surface area contributed by atoms with Crippen molar-refractivity contribution in [2.45, 2.75) is 178 Å². The largest absolute Gasteiger partial charge is 0.481 e. The Balaban J connectivity index is 1.83. The smallest absolute Gasteiger partial charge is 0.309 e. The van der Waals surface area contributed by atoms with Crippen molar-refractivity contribution in [3.05, 3.63) is 85.1 Å². The van der Waals surface area contributed by atoms with Gasteiger partial charge in [-0.3, -0.25) is 9.59 Å². The van der Waals surface area contributed by atoms with Crippen LogP contribution in [0.15, 0.2) is 85.1 Å². The van der Waals surface area contributed by atoms with Crippen LogP contribution in [0, 0.1) is 23.7 Å². The molecule has 3 heterocycles. The van der Waals surface area contributed by atoms with Crippen molar-refractivity contribution in [2.24, 2.45) is 29.4 Å². The number of aliphatic hydroxyl groups excluding tert-OH is 7. The summed E-state index contributed by atoms with van der Waals surface area (Å²) in [4.78, 5) is 25.1. The third kappa shape index (κ3) is 18.5. The van der Waals surface area contributed by atoms with Gasteiger partial charge in [0.2, 0.25) is 0 Å². The summed E-state index contributed by atoms with van der Waals surface area (Å²) in [5.74, 6) is -5.83. The van der Waals surface area contributed by atoms with Crippen LogP contribution in [-0.2, 0) is 28.5 Å². The number of aliphatic hydroxyl groups is 8. The minimum Gasteiger partial charge on any atom is -0.481 e. The lowest BCUT2D eigenvalue weighted by atomic mass is 9.85. The number of carbonyl (C=O) groups excluding carboxylic acids is 1. The lowest BCUT2D eigenvalue weighted by molar-refractivity contribution is -0.292. The Morgan fingerprint density at radius 2 is 1.27 bits per heavy atom. The molecule has 3 aliphatic heterocycles. The Morgan fingerprint density at radius 1 is 0.688 bits per heavy atom. The number of allylic oxidation sites excluding steroid dienone is 12. The number of esters is 1. The maximum Gasteiger partial charge on any atom is 0.309 e. The molecule has 0 aromatic carbocycles. The van der Waals surface area contributed by atoms with Gasteiger partial charge in [-0.05, 0) is 45.4 Å². The van der Waals surface area contributed by atoms with E-state index in [1.165, 1.54) is 0 Å². The Hall–Kier alpha value is -3.36. The van der Waals surface area contributed by atoms with Crippen LogP contribution < -0.4 is 5.73 Å². The van der Waals surface area contributed by atoms with Gasteiger partial charge < -0.3 is 70.6 Å². The zero-order valence-electron chi connectivity index (χ0n) is 37.8. The van der Waals surface area contributed by atoms with Crippen LogP contribution in [0.2, 0.25) is 0 Å². The molecular weight excluding hydrogens is 831 g/mol. The molecule has 0 spiro atoms. The van der Waals surface area contributed by atoms with Crippen LogP contribution in [0.25, 0.3) is 0 Å². The number of ether oxygens (including phenoxy) is 4. The molecular formula is C48H75NO15. The first-order valence-corrected chi connectivity index (χ1v) is 22.5. The fourth-order valence-electron chi connectivity index (χ4n) is 8.00. The molecule has 0 aromatic rings. The van der Waals surface area contributed by atoms with E-state index in [9.17, 15) is 55.5 Å². The maximum atomic E-state index is 12.6. The van der Waals surface area contributed by atoms with Crippen molar-refractivity contribution >= 4 is 11.9 Å². The molecule has 16 heteroatoms. The molecule has 0 radical (unpaired) electrons. The minimum atomic E-state index is -2.01. The molecule has 0 saturated carbocycles. The second-order valence-electron chi connectivity index (χ2n) is 17.8. The van der Waals surface area contributed by atoms with E-state index in [-0.39, 0.29) is 56.5 Å². The van der Waals surface area contributed by atoms with Gasteiger partial charge in [0.1, 0.15) is 12.2 Å². The van der Waals surface area contributed by atoms with Gasteiger partial charge in [-0.2, -0.15) is 0 Å². The van der Waals surface area contributed by atoms with Gasteiger partial charge >= 0.3 is 11.9 Å². The fraction of sp³-hybridized carbons (Fsp3) is 0.667. The highest BCUT2D eigenvalue weighted by molar-refractivity contribution is 5.71. The van der Waals surface area contributed by atoms with Gasteiger partial charge in [-0.15, -0.1) is 0 Å². The molecule has 11 N–H and O–H groups in total. The summed E-state index contributed by atoms with van der Waals surface area (Å²) in [6, 6.07) is -0.659. The summed E-state index contributed by atoms with van der Waals surface area (Å²) in [5, 5.41) is 97.0. The van der Waals surface area contributed by atoms with E-state index in [4.69, 9.17) is 24.7 Å². The summed E-state index contributed by atoms with van der Waals surface area (Å²) < 4.78 is 23.7. The lowest BCUT2D eigenvalue weighted by Gasteiger charge is -2.44. The Bertz CT molecular complexity index is 1630. The molecule has 64 heavy (non-hydrogen) atoms. The molecule has 0 amide bonds. The number of fused-ring (bicyclic) bond motifs is 2. The molecule has 18 atom stereocenters. The molecule has 6 unspecified atom stereocenters. The number of carboxylic acids is 1. The van der Waals surface area contributed by atoms with E-state index in [1.807, 2.05) is 75.5 Å². The number of carbonyl (C=O) groups is 2. The monoisotopic (exact) mass is 906 g/mol. The molecule has 0 aromatic heterocycles. The maximum absolute atomic E-state index is 12.6. The van der Waals surface area contributed by atoms with Crippen molar-refractivity contribution in [3.8, 4) is 0 Å². The average Bonchev–Trinajstić information content (AvgIpc) is 3.22. The van der Waals surface area contributed by atoms with E-state index in [0.717, 1.165) is 0 Å².